The number of benzene rings is 1. The van der Waals surface area contributed by atoms with Gasteiger partial charge in [-0.2, -0.15) is 9.64 Å². The SMILES string of the molecule is Cc1nsc(N[C@@H](CC(C)C)C(=O)NCC#N)c1-c1ccc(-c2cnc[nH]2)cc1. The van der Waals surface area contributed by atoms with Gasteiger partial charge in [-0.15, -0.1) is 0 Å². The van der Waals surface area contributed by atoms with Crippen LogP contribution in [0.3, 0.4) is 0 Å². The molecule has 3 rings (SSSR count). The topological polar surface area (TPSA) is 106 Å². The maximum Gasteiger partial charge on any atom is 0.243 e. The fourth-order valence-electron chi connectivity index (χ4n) is 3.15. The van der Waals surface area contributed by atoms with E-state index in [1.165, 1.54) is 11.5 Å². The lowest BCUT2D eigenvalue weighted by molar-refractivity contribution is -0.121. The van der Waals surface area contributed by atoms with Crippen LogP contribution in [0.15, 0.2) is 36.8 Å². The van der Waals surface area contributed by atoms with E-state index in [4.69, 9.17) is 5.26 Å². The molecule has 150 valence electrons. The first-order valence-electron chi connectivity index (χ1n) is 9.46. The Morgan fingerprint density at radius 1 is 1.28 bits per heavy atom. The van der Waals surface area contributed by atoms with Gasteiger partial charge in [0.15, 0.2) is 0 Å². The van der Waals surface area contributed by atoms with Crippen molar-refractivity contribution in [2.75, 3.05) is 11.9 Å². The van der Waals surface area contributed by atoms with E-state index < -0.39 is 6.04 Å². The Hall–Kier alpha value is -3.18. The fraction of sp³-hybridized carbons (Fsp3) is 0.333. The quantitative estimate of drug-likeness (QED) is 0.489. The first-order chi connectivity index (χ1) is 14.0. The number of H-pyrrole nitrogens is 1. The van der Waals surface area contributed by atoms with Crippen LogP contribution in [0.2, 0.25) is 0 Å². The first kappa shape index (κ1) is 20.6. The van der Waals surface area contributed by atoms with Crippen LogP contribution in [0.25, 0.3) is 22.4 Å². The zero-order chi connectivity index (χ0) is 20.8. The van der Waals surface area contributed by atoms with Crippen LogP contribution in [-0.4, -0.2) is 32.8 Å². The number of carbonyl (C=O) groups is 1. The number of anilines is 1. The van der Waals surface area contributed by atoms with Crippen molar-refractivity contribution in [2.45, 2.75) is 33.2 Å². The molecule has 0 fully saturated rings. The smallest absolute Gasteiger partial charge is 0.243 e. The molecule has 0 aliphatic heterocycles. The third-order valence-electron chi connectivity index (χ3n) is 4.52. The third kappa shape index (κ3) is 5.00. The number of aromatic nitrogens is 3. The molecule has 7 nitrogen and oxygen atoms in total. The minimum Gasteiger partial charge on any atom is -0.364 e. The summed E-state index contributed by atoms with van der Waals surface area (Å²) in [5.74, 6) is 0.151. The first-order valence-corrected chi connectivity index (χ1v) is 10.2. The number of imidazole rings is 1. The summed E-state index contributed by atoms with van der Waals surface area (Å²) in [6, 6.07) is 9.69. The van der Waals surface area contributed by atoms with E-state index in [0.29, 0.717) is 12.3 Å². The molecule has 2 heterocycles. The summed E-state index contributed by atoms with van der Waals surface area (Å²) >= 11 is 1.35. The molecule has 0 aliphatic rings. The number of nitrogens with one attached hydrogen (secondary N) is 3. The van der Waals surface area contributed by atoms with Crippen molar-refractivity contribution in [3.63, 3.8) is 0 Å². The highest BCUT2D eigenvalue weighted by molar-refractivity contribution is 7.11. The van der Waals surface area contributed by atoms with Gasteiger partial charge in [0.1, 0.15) is 17.6 Å². The van der Waals surface area contributed by atoms with Gasteiger partial charge >= 0.3 is 0 Å². The third-order valence-corrected chi connectivity index (χ3v) is 5.39. The number of aryl methyl sites for hydroxylation is 1. The standard InChI is InChI=1S/C21H24N6OS/c1-13(2)10-17(20(28)24-9-8-22)26-21-19(14(3)27-29-21)16-6-4-15(5-7-16)18-11-23-12-25-18/h4-7,11-13,17,26H,9-10H2,1-3H3,(H,23,25)(H,24,28)/t17-/m0/s1. The van der Waals surface area contributed by atoms with Gasteiger partial charge in [0.2, 0.25) is 5.91 Å². The van der Waals surface area contributed by atoms with Crippen LogP contribution >= 0.6 is 11.5 Å². The van der Waals surface area contributed by atoms with Crippen molar-refractivity contribution in [1.82, 2.24) is 19.7 Å². The summed E-state index contributed by atoms with van der Waals surface area (Å²) in [6.07, 6.45) is 4.10. The maximum absolute atomic E-state index is 12.5. The second kappa shape index (κ2) is 9.34. The molecule has 0 bridgehead atoms. The Labute approximate surface area is 174 Å². The molecule has 0 unspecified atom stereocenters. The maximum atomic E-state index is 12.5. The van der Waals surface area contributed by atoms with Gasteiger partial charge in [0.25, 0.3) is 0 Å². The highest BCUT2D eigenvalue weighted by Crippen LogP contribution is 2.36. The molecule has 1 atom stereocenters. The lowest BCUT2D eigenvalue weighted by Crippen LogP contribution is -2.40. The Bertz CT molecular complexity index is 985. The molecule has 2 aromatic heterocycles. The van der Waals surface area contributed by atoms with Crippen molar-refractivity contribution in [2.24, 2.45) is 5.92 Å². The molecular formula is C21H24N6OS. The summed E-state index contributed by atoms with van der Waals surface area (Å²) in [7, 11) is 0. The Balaban J connectivity index is 1.86. The predicted molar refractivity (Wildman–Crippen MR) is 115 cm³/mol. The summed E-state index contributed by atoms with van der Waals surface area (Å²) in [4.78, 5) is 19.7. The van der Waals surface area contributed by atoms with Crippen LogP contribution in [-0.2, 0) is 4.79 Å². The summed E-state index contributed by atoms with van der Waals surface area (Å²) < 4.78 is 4.50. The number of nitriles is 1. The monoisotopic (exact) mass is 408 g/mol. The van der Waals surface area contributed by atoms with E-state index in [2.05, 4.69) is 38.8 Å². The number of rotatable bonds is 8. The number of amides is 1. The van der Waals surface area contributed by atoms with E-state index >= 15 is 0 Å². The molecule has 3 aromatic rings. The second-order valence-electron chi connectivity index (χ2n) is 7.22. The highest BCUT2D eigenvalue weighted by atomic mass is 32.1. The van der Waals surface area contributed by atoms with E-state index in [1.807, 2.05) is 37.3 Å². The average Bonchev–Trinajstić information content (AvgIpc) is 3.36. The molecule has 0 radical (unpaired) electrons. The van der Waals surface area contributed by atoms with Crippen molar-refractivity contribution in [1.29, 1.82) is 5.26 Å². The zero-order valence-corrected chi connectivity index (χ0v) is 17.5. The molecule has 0 spiro atoms. The van der Waals surface area contributed by atoms with Crippen LogP contribution in [0.1, 0.15) is 26.0 Å². The van der Waals surface area contributed by atoms with Crippen molar-refractivity contribution < 1.29 is 4.79 Å². The predicted octanol–water partition coefficient (Wildman–Crippen LogP) is 3.98. The van der Waals surface area contributed by atoms with Gasteiger partial charge in [-0.25, -0.2) is 4.98 Å². The molecule has 1 amide bonds. The Morgan fingerprint density at radius 3 is 2.62 bits per heavy atom. The van der Waals surface area contributed by atoms with Crippen molar-refractivity contribution >= 4 is 22.4 Å². The van der Waals surface area contributed by atoms with Gasteiger partial charge < -0.3 is 15.6 Å². The summed E-state index contributed by atoms with van der Waals surface area (Å²) in [5.41, 5.74) is 4.94. The van der Waals surface area contributed by atoms with Gasteiger partial charge in [0, 0.05) is 5.56 Å². The highest BCUT2D eigenvalue weighted by Gasteiger charge is 2.23. The van der Waals surface area contributed by atoms with Crippen molar-refractivity contribution in [3.05, 3.63) is 42.5 Å². The lowest BCUT2D eigenvalue weighted by atomic mass is 10.0. The number of aromatic amines is 1. The largest absolute Gasteiger partial charge is 0.364 e. The Morgan fingerprint density at radius 2 is 2.00 bits per heavy atom. The van der Waals surface area contributed by atoms with Gasteiger partial charge in [-0.05, 0) is 41.9 Å². The van der Waals surface area contributed by atoms with Gasteiger partial charge in [0.05, 0.1) is 30.0 Å². The number of hydrogen-bond donors (Lipinski definition) is 3. The van der Waals surface area contributed by atoms with E-state index in [-0.39, 0.29) is 12.5 Å². The van der Waals surface area contributed by atoms with Gasteiger partial charge in [-0.3, -0.25) is 4.79 Å². The molecule has 3 N–H and O–H groups in total. The molecule has 1 aromatic carbocycles. The van der Waals surface area contributed by atoms with E-state index in [1.54, 1.807) is 12.5 Å². The molecular weight excluding hydrogens is 384 g/mol. The zero-order valence-electron chi connectivity index (χ0n) is 16.7. The fourth-order valence-corrected chi connectivity index (χ4v) is 4.02. The lowest BCUT2D eigenvalue weighted by Gasteiger charge is -2.20. The minimum atomic E-state index is -0.425. The number of carbonyl (C=O) groups excluding carboxylic acids is 1. The summed E-state index contributed by atoms with van der Waals surface area (Å²) in [5, 5.41) is 15.6. The minimum absolute atomic E-state index is 0.00124. The average molecular weight is 409 g/mol. The van der Waals surface area contributed by atoms with Crippen LogP contribution < -0.4 is 10.6 Å². The second-order valence-corrected chi connectivity index (χ2v) is 7.99. The van der Waals surface area contributed by atoms with Gasteiger partial charge in [-0.1, -0.05) is 38.1 Å². The number of nitrogens with zero attached hydrogens (tertiary/aromatic N) is 3. The molecule has 0 saturated heterocycles. The van der Waals surface area contributed by atoms with E-state index in [0.717, 1.165) is 33.1 Å². The molecule has 0 aliphatic carbocycles. The molecule has 29 heavy (non-hydrogen) atoms. The number of hydrogen-bond acceptors (Lipinski definition) is 6. The Kier molecular flexibility index (Phi) is 6.62. The van der Waals surface area contributed by atoms with E-state index in [9.17, 15) is 4.79 Å². The molecule has 8 heteroatoms. The normalized spacial score (nSPS) is 11.8. The van der Waals surface area contributed by atoms with Crippen molar-refractivity contribution in [3.8, 4) is 28.5 Å². The van der Waals surface area contributed by atoms with Crippen LogP contribution in [0.4, 0.5) is 5.00 Å². The van der Waals surface area contributed by atoms with Crippen LogP contribution in [0.5, 0.6) is 0 Å². The summed E-state index contributed by atoms with van der Waals surface area (Å²) in [6.45, 7) is 6.10. The molecule has 0 saturated carbocycles. The van der Waals surface area contributed by atoms with Crippen LogP contribution in [0, 0.1) is 24.2 Å².